The molecule has 3 aromatic carbocycles. The van der Waals surface area contributed by atoms with Gasteiger partial charge in [-0.1, -0.05) is 53.6 Å². The molecule has 0 bridgehead atoms. The number of aryl methyl sites for hydroxylation is 2. The zero-order chi connectivity index (χ0) is 19.2. The maximum Gasteiger partial charge on any atom is 0.255 e. The van der Waals surface area contributed by atoms with Crippen molar-refractivity contribution < 1.29 is 9.59 Å². The van der Waals surface area contributed by atoms with E-state index in [1.54, 1.807) is 6.07 Å². The van der Waals surface area contributed by atoms with Crippen LogP contribution in [0, 0.1) is 13.8 Å². The van der Waals surface area contributed by atoms with E-state index < -0.39 is 0 Å². The maximum absolute atomic E-state index is 12.4. The van der Waals surface area contributed by atoms with E-state index in [9.17, 15) is 9.59 Å². The zero-order valence-electron chi connectivity index (χ0n) is 15.4. The van der Waals surface area contributed by atoms with Crippen molar-refractivity contribution in [2.24, 2.45) is 0 Å². The summed E-state index contributed by atoms with van der Waals surface area (Å²) in [6, 6.07) is 22.6. The van der Waals surface area contributed by atoms with Crippen molar-refractivity contribution in [1.29, 1.82) is 0 Å². The first-order valence-corrected chi connectivity index (χ1v) is 9.70. The molecule has 1 amide bonds. The smallest absolute Gasteiger partial charge is 0.255 e. The van der Waals surface area contributed by atoms with Gasteiger partial charge in [-0.2, -0.15) is 0 Å². The van der Waals surface area contributed by atoms with E-state index in [0.29, 0.717) is 17.0 Å². The van der Waals surface area contributed by atoms with Gasteiger partial charge in [0.05, 0.1) is 5.75 Å². The minimum Gasteiger partial charge on any atom is -0.322 e. The number of carbonyl (C=O) groups is 2. The summed E-state index contributed by atoms with van der Waals surface area (Å²) in [5.74, 6) is 0.309. The lowest BCUT2D eigenvalue weighted by Crippen LogP contribution is -2.11. The van der Waals surface area contributed by atoms with E-state index in [1.165, 1.54) is 11.8 Å². The molecule has 0 fully saturated rings. The van der Waals surface area contributed by atoms with E-state index in [1.807, 2.05) is 80.6 Å². The van der Waals surface area contributed by atoms with Crippen molar-refractivity contribution in [3.05, 3.63) is 95.1 Å². The number of amides is 1. The minimum atomic E-state index is -0.142. The Hall–Kier alpha value is -2.85. The number of hydrogen-bond donors (Lipinski definition) is 1. The molecular weight excluding hydrogens is 354 g/mol. The second-order valence-electron chi connectivity index (χ2n) is 6.43. The molecule has 0 unspecified atom stereocenters. The molecule has 0 heterocycles. The number of thioether (sulfide) groups is 1. The lowest BCUT2D eigenvalue weighted by Gasteiger charge is -2.08. The molecule has 4 heteroatoms. The van der Waals surface area contributed by atoms with Gasteiger partial charge in [-0.15, -0.1) is 11.8 Å². The standard InChI is InChI=1S/C23H21NO2S/c1-16-9-11-18(12-10-16)22(25)15-27-21-8-4-7-20(14-21)24-23(26)19-6-3-5-17(2)13-19/h3-14H,15H2,1-2H3,(H,24,26). The van der Waals surface area contributed by atoms with Gasteiger partial charge in [0.1, 0.15) is 0 Å². The number of Topliss-reactive ketones (excluding diaryl/α,β-unsaturated/α-hetero) is 1. The van der Waals surface area contributed by atoms with Gasteiger partial charge in [0.15, 0.2) is 5.78 Å². The normalized spacial score (nSPS) is 10.4. The highest BCUT2D eigenvalue weighted by Gasteiger charge is 2.09. The molecule has 0 radical (unpaired) electrons. The highest BCUT2D eigenvalue weighted by atomic mass is 32.2. The number of nitrogens with one attached hydrogen (secondary N) is 1. The number of rotatable bonds is 6. The molecule has 1 N–H and O–H groups in total. The van der Waals surface area contributed by atoms with Crippen LogP contribution in [0.1, 0.15) is 31.8 Å². The summed E-state index contributed by atoms with van der Waals surface area (Å²) in [5.41, 5.74) is 4.24. The summed E-state index contributed by atoms with van der Waals surface area (Å²) in [7, 11) is 0. The van der Waals surface area contributed by atoms with Crippen LogP contribution in [0.2, 0.25) is 0 Å². The predicted octanol–water partition coefficient (Wildman–Crippen LogP) is 5.53. The van der Waals surface area contributed by atoms with Crippen LogP contribution in [0.4, 0.5) is 5.69 Å². The summed E-state index contributed by atoms with van der Waals surface area (Å²) in [6.07, 6.45) is 0. The van der Waals surface area contributed by atoms with Crippen LogP contribution >= 0.6 is 11.8 Å². The van der Waals surface area contributed by atoms with Crippen molar-refractivity contribution in [2.45, 2.75) is 18.7 Å². The second kappa shape index (κ2) is 8.69. The Kier molecular flexibility index (Phi) is 6.09. The topological polar surface area (TPSA) is 46.2 Å². The molecule has 0 saturated heterocycles. The fourth-order valence-corrected chi connectivity index (χ4v) is 3.47. The number of anilines is 1. The highest BCUT2D eigenvalue weighted by molar-refractivity contribution is 8.00. The van der Waals surface area contributed by atoms with Gasteiger partial charge < -0.3 is 5.32 Å². The summed E-state index contributed by atoms with van der Waals surface area (Å²) >= 11 is 1.47. The van der Waals surface area contributed by atoms with Crippen LogP contribution in [0.3, 0.4) is 0 Å². The van der Waals surface area contributed by atoms with Gasteiger partial charge in [0.2, 0.25) is 0 Å². The molecule has 0 aliphatic carbocycles. The highest BCUT2D eigenvalue weighted by Crippen LogP contribution is 2.23. The van der Waals surface area contributed by atoms with Crippen molar-refractivity contribution >= 4 is 29.1 Å². The van der Waals surface area contributed by atoms with Gasteiger partial charge in [-0.05, 0) is 44.2 Å². The number of benzene rings is 3. The van der Waals surface area contributed by atoms with Crippen LogP contribution in [-0.4, -0.2) is 17.4 Å². The van der Waals surface area contributed by atoms with Gasteiger partial charge in [-0.3, -0.25) is 9.59 Å². The lowest BCUT2D eigenvalue weighted by atomic mass is 10.1. The fourth-order valence-electron chi connectivity index (χ4n) is 2.62. The first-order valence-electron chi connectivity index (χ1n) is 8.72. The molecule has 0 saturated carbocycles. The monoisotopic (exact) mass is 375 g/mol. The fraction of sp³-hybridized carbons (Fsp3) is 0.130. The number of ketones is 1. The van der Waals surface area contributed by atoms with Gasteiger partial charge in [-0.25, -0.2) is 0 Å². The molecule has 0 aliphatic heterocycles. The van der Waals surface area contributed by atoms with E-state index >= 15 is 0 Å². The van der Waals surface area contributed by atoms with Crippen molar-refractivity contribution in [2.75, 3.05) is 11.1 Å². The third-order valence-corrected chi connectivity index (χ3v) is 5.11. The van der Waals surface area contributed by atoms with Gasteiger partial charge >= 0.3 is 0 Å². The molecule has 3 aromatic rings. The van der Waals surface area contributed by atoms with Crippen molar-refractivity contribution in [1.82, 2.24) is 0 Å². The molecule has 3 nitrogen and oxygen atoms in total. The number of carbonyl (C=O) groups excluding carboxylic acids is 2. The van der Waals surface area contributed by atoms with Crippen LogP contribution in [0.25, 0.3) is 0 Å². The average molecular weight is 375 g/mol. The van der Waals surface area contributed by atoms with Crippen LogP contribution in [0.5, 0.6) is 0 Å². The Labute approximate surface area is 163 Å². The second-order valence-corrected chi connectivity index (χ2v) is 7.48. The molecule has 0 atom stereocenters. The molecular formula is C23H21NO2S. The third-order valence-electron chi connectivity index (χ3n) is 4.12. The molecule has 0 spiro atoms. The molecule has 0 aromatic heterocycles. The van der Waals surface area contributed by atoms with Crippen molar-refractivity contribution in [3.63, 3.8) is 0 Å². The Morgan fingerprint density at radius 1 is 0.815 bits per heavy atom. The van der Waals surface area contributed by atoms with Gasteiger partial charge in [0, 0.05) is 21.7 Å². The predicted molar refractivity (Wildman–Crippen MR) is 112 cm³/mol. The largest absolute Gasteiger partial charge is 0.322 e. The maximum atomic E-state index is 12.4. The van der Waals surface area contributed by atoms with Crippen LogP contribution in [0.15, 0.2) is 77.7 Å². The molecule has 0 aliphatic rings. The average Bonchev–Trinajstić information content (AvgIpc) is 2.67. The first-order chi connectivity index (χ1) is 13.0. The molecule has 136 valence electrons. The van der Waals surface area contributed by atoms with E-state index in [-0.39, 0.29) is 11.7 Å². The quantitative estimate of drug-likeness (QED) is 0.455. The third kappa shape index (κ3) is 5.31. The lowest BCUT2D eigenvalue weighted by molar-refractivity contribution is 0.101. The summed E-state index contributed by atoms with van der Waals surface area (Å²) < 4.78 is 0. The minimum absolute atomic E-state index is 0.0919. The summed E-state index contributed by atoms with van der Waals surface area (Å²) in [4.78, 5) is 25.6. The Bertz CT molecular complexity index is 964. The number of hydrogen-bond acceptors (Lipinski definition) is 3. The van der Waals surface area contributed by atoms with Gasteiger partial charge in [0.25, 0.3) is 5.91 Å². The Morgan fingerprint density at radius 3 is 2.30 bits per heavy atom. The first kappa shape index (κ1) is 18.9. The zero-order valence-corrected chi connectivity index (χ0v) is 16.2. The SMILES string of the molecule is Cc1ccc(C(=O)CSc2cccc(NC(=O)c3cccc(C)c3)c2)cc1. The molecule has 3 rings (SSSR count). The van der Waals surface area contributed by atoms with Crippen LogP contribution < -0.4 is 5.32 Å². The Morgan fingerprint density at radius 2 is 1.56 bits per heavy atom. The summed E-state index contributed by atoms with van der Waals surface area (Å²) in [5, 5.41) is 2.91. The van der Waals surface area contributed by atoms with E-state index in [0.717, 1.165) is 21.6 Å². The molecule has 27 heavy (non-hydrogen) atoms. The Balaban J connectivity index is 1.62. The van der Waals surface area contributed by atoms with Crippen molar-refractivity contribution in [3.8, 4) is 0 Å². The van der Waals surface area contributed by atoms with E-state index in [2.05, 4.69) is 5.32 Å². The van der Waals surface area contributed by atoms with Crippen LogP contribution in [-0.2, 0) is 0 Å². The summed E-state index contributed by atoms with van der Waals surface area (Å²) in [6.45, 7) is 3.96. The van der Waals surface area contributed by atoms with E-state index in [4.69, 9.17) is 0 Å².